The molecule has 0 aliphatic heterocycles. The lowest BCUT2D eigenvalue weighted by atomic mass is 10.3. The zero-order valence-corrected chi connectivity index (χ0v) is 9.38. The number of nitrogens with zero attached hydrogens (tertiary/aromatic N) is 2. The van der Waals surface area contributed by atoms with Crippen molar-refractivity contribution < 1.29 is 14.6 Å². The van der Waals surface area contributed by atoms with Crippen LogP contribution in [0.3, 0.4) is 0 Å². The minimum Gasteiger partial charge on any atom is -0.491 e. The maximum absolute atomic E-state index is 11.5. The van der Waals surface area contributed by atoms with Crippen LogP contribution in [0.1, 0.15) is 13.2 Å². The third-order valence-corrected chi connectivity index (χ3v) is 2.09. The van der Waals surface area contributed by atoms with E-state index in [0.29, 0.717) is 0 Å². The Balaban J connectivity index is 3.27. The number of ether oxygens (including phenoxy) is 2. The number of aliphatic hydroxyl groups is 1. The quantitative estimate of drug-likeness (QED) is 0.712. The van der Waals surface area contributed by atoms with Gasteiger partial charge in [-0.3, -0.25) is 4.57 Å². The van der Waals surface area contributed by atoms with Gasteiger partial charge in [0.05, 0.1) is 19.4 Å². The first kappa shape index (κ1) is 12.5. The molecule has 0 aliphatic rings. The van der Waals surface area contributed by atoms with Crippen molar-refractivity contribution in [1.82, 2.24) is 9.55 Å². The SMILES string of the molecule is COc1cn([C@H](OC)C(C)O)c(=O)nc1N. The summed E-state index contributed by atoms with van der Waals surface area (Å²) in [7, 11) is 2.79. The van der Waals surface area contributed by atoms with E-state index < -0.39 is 18.0 Å². The summed E-state index contributed by atoms with van der Waals surface area (Å²) in [6.45, 7) is 1.50. The highest BCUT2D eigenvalue weighted by Gasteiger charge is 2.19. The average Bonchev–Trinajstić information content (AvgIpc) is 2.21. The smallest absolute Gasteiger partial charge is 0.351 e. The van der Waals surface area contributed by atoms with E-state index in [1.807, 2.05) is 0 Å². The number of rotatable bonds is 4. The molecule has 7 heteroatoms. The van der Waals surface area contributed by atoms with Gasteiger partial charge in [0.25, 0.3) is 0 Å². The van der Waals surface area contributed by atoms with Crippen molar-refractivity contribution in [2.24, 2.45) is 0 Å². The Morgan fingerprint density at radius 3 is 2.62 bits per heavy atom. The van der Waals surface area contributed by atoms with E-state index in [4.69, 9.17) is 15.2 Å². The van der Waals surface area contributed by atoms with Gasteiger partial charge in [-0.2, -0.15) is 4.98 Å². The van der Waals surface area contributed by atoms with Gasteiger partial charge in [-0.05, 0) is 6.92 Å². The number of anilines is 1. The first-order chi connectivity index (χ1) is 7.51. The van der Waals surface area contributed by atoms with Crippen LogP contribution >= 0.6 is 0 Å². The van der Waals surface area contributed by atoms with Gasteiger partial charge in [-0.1, -0.05) is 0 Å². The van der Waals surface area contributed by atoms with Crippen LogP contribution in [0.5, 0.6) is 5.75 Å². The first-order valence-electron chi connectivity index (χ1n) is 4.64. The van der Waals surface area contributed by atoms with Crippen LogP contribution < -0.4 is 16.2 Å². The fourth-order valence-corrected chi connectivity index (χ4v) is 1.35. The molecule has 7 nitrogen and oxygen atoms in total. The second-order valence-corrected chi connectivity index (χ2v) is 3.25. The van der Waals surface area contributed by atoms with E-state index in [9.17, 15) is 9.90 Å². The molecular formula is C9H15N3O4. The molecule has 0 spiro atoms. The molecule has 2 atom stereocenters. The van der Waals surface area contributed by atoms with Crippen molar-refractivity contribution in [3.8, 4) is 5.75 Å². The minimum absolute atomic E-state index is 0.00389. The number of hydrogen-bond donors (Lipinski definition) is 2. The van der Waals surface area contributed by atoms with Gasteiger partial charge in [0.2, 0.25) is 0 Å². The molecule has 1 rings (SSSR count). The van der Waals surface area contributed by atoms with Gasteiger partial charge in [-0.15, -0.1) is 0 Å². The molecule has 0 bridgehead atoms. The summed E-state index contributed by atoms with van der Waals surface area (Å²) < 4.78 is 11.1. The third kappa shape index (κ3) is 2.31. The van der Waals surface area contributed by atoms with Crippen molar-refractivity contribution in [2.75, 3.05) is 20.0 Å². The number of nitrogens with two attached hydrogens (primary N) is 1. The maximum Gasteiger partial charge on any atom is 0.351 e. The van der Waals surface area contributed by atoms with Gasteiger partial charge in [-0.25, -0.2) is 4.79 Å². The lowest BCUT2D eigenvalue weighted by molar-refractivity contribution is -0.0523. The predicted octanol–water partition coefficient (Wildman–Crippen LogP) is -0.640. The summed E-state index contributed by atoms with van der Waals surface area (Å²) in [5, 5.41) is 9.44. The van der Waals surface area contributed by atoms with Gasteiger partial charge >= 0.3 is 5.69 Å². The predicted molar refractivity (Wildman–Crippen MR) is 57.2 cm³/mol. The number of nitrogen functional groups attached to an aromatic ring is 1. The van der Waals surface area contributed by atoms with Crippen molar-refractivity contribution in [3.05, 3.63) is 16.7 Å². The van der Waals surface area contributed by atoms with Gasteiger partial charge in [0.15, 0.2) is 17.8 Å². The third-order valence-electron chi connectivity index (χ3n) is 2.09. The molecule has 0 amide bonds. The Hall–Kier alpha value is -1.60. The van der Waals surface area contributed by atoms with Gasteiger partial charge in [0.1, 0.15) is 0 Å². The van der Waals surface area contributed by atoms with Crippen LogP contribution in [0.4, 0.5) is 5.82 Å². The number of aliphatic hydroxyl groups excluding tert-OH is 1. The van der Waals surface area contributed by atoms with E-state index in [-0.39, 0.29) is 11.6 Å². The average molecular weight is 229 g/mol. The second-order valence-electron chi connectivity index (χ2n) is 3.25. The van der Waals surface area contributed by atoms with Crippen LogP contribution in [-0.2, 0) is 4.74 Å². The summed E-state index contributed by atoms with van der Waals surface area (Å²) in [4.78, 5) is 15.1. The van der Waals surface area contributed by atoms with Crippen molar-refractivity contribution in [2.45, 2.75) is 19.3 Å². The van der Waals surface area contributed by atoms with Crippen LogP contribution in [-0.4, -0.2) is 35.0 Å². The Bertz CT molecular complexity index is 416. The number of aromatic nitrogens is 2. The molecule has 1 unspecified atom stereocenters. The standard InChI is InChI=1S/C9H15N3O4/c1-5(13)8(16-3)12-4-6(15-2)7(10)11-9(12)14/h4-5,8,13H,1-3H3,(H2,10,11,14)/t5?,8-/m1/s1. The number of hydrogen-bond acceptors (Lipinski definition) is 6. The summed E-state index contributed by atoms with van der Waals surface area (Å²) in [6.07, 6.45) is -0.335. The first-order valence-corrected chi connectivity index (χ1v) is 4.64. The van der Waals surface area contributed by atoms with Gasteiger partial charge < -0.3 is 20.3 Å². The summed E-state index contributed by atoms with van der Waals surface area (Å²) in [6, 6.07) is 0. The summed E-state index contributed by atoms with van der Waals surface area (Å²) in [5.74, 6) is 0.256. The lowest BCUT2D eigenvalue weighted by Crippen LogP contribution is -2.34. The largest absolute Gasteiger partial charge is 0.491 e. The highest BCUT2D eigenvalue weighted by Crippen LogP contribution is 2.18. The van der Waals surface area contributed by atoms with Crippen molar-refractivity contribution in [1.29, 1.82) is 0 Å². The van der Waals surface area contributed by atoms with Crippen molar-refractivity contribution in [3.63, 3.8) is 0 Å². The summed E-state index contributed by atoms with van der Waals surface area (Å²) >= 11 is 0. The fourth-order valence-electron chi connectivity index (χ4n) is 1.35. The van der Waals surface area contributed by atoms with E-state index in [1.165, 1.54) is 27.3 Å². The molecule has 16 heavy (non-hydrogen) atoms. The molecule has 0 saturated carbocycles. The Labute approximate surface area is 92.4 Å². The highest BCUT2D eigenvalue weighted by atomic mass is 16.5. The summed E-state index contributed by atoms with van der Waals surface area (Å²) in [5.41, 5.74) is 4.86. The molecule has 3 N–H and O–H groups in total. The molecule has 0 aliphatic carbocycles. The molecule has 0 fully saturated rings. The van der Waals surface area contributed by atoms with Crippen LogP contribution in [0.2, 0.25) is 0 Å². The zero-order chi connectivity index (χ0) is 12.3. The molecule has 90 valence electrons. The van der Waals surface area contributed by atoms with E-state index in [2.05, 4.69) is 4.98 Å². The molecule has 1 heterocycles. The molecule has 1 aromatic rings. The van der Waals surface area contributed by atoms with Crippen LogP contribution in [0, 0.1) is 0 Å². The van der Waals surface area contributed by atoms with Crippen molar-refractivity contribution >= 4 is 5.82 Å². The molecule has 1 aromatic heterocycles. The molecular weight excluding hydrogens is 214 g/mol. The van der Waals surface area contributed by atoms with E-state index in [0.717, 1.165) is 4.57 Å². The molecule has 0 saturated heterocycles. The minimum atomic E-state index is -0.863. The number of methoxy groups -OCH3 is 2. The molecule has 0 aromatic carbocycles. The Kier molecular flexibility index (Phi) is 3.86. The van der Waals surface area contributed by atoms with E-state index >= 15 is 0 Å². The normalized spacial score (nSPS) is 14.5. The maximum atomic E-state index is 11.5. The fraction of sp³-hybridized carbons (Fsp3) is 0.556. The lowest BCUT2D eigenvalue weighted by Gasteiger charge is -2.21. The Morgan fingerprint density at radius 2 is 2.19 bits per heavy atom. The monoisotopic (exact) mass is 229 g/mol. The van der Waals surface area contributed by atoms with Crippen LogP contribution in [0.25, 0.3) is 0 Å². The van der Waals surface area contributed by atoms with Gasteiger partial charge in [0, 0.05) is 7.11 Å². The second kappa shape index (κ2) is 4.95. The van der Waals surface area contributed by atoms with Crippen LogP contribution in [0.15, 0.2) is 11.0 Å². The molecule has 0 radical (unpaired) electrons. The Morgan fingerprint density at radius 1 is 1.56 bits per heavy atom. The highest BCUT2D eigenvalue weighted by molar-refractivity contribution is 5.43. The van der Waals surface area contributed by atoms with E-state index in [1.54, 1.807) is 0 Å². The zero-order valence-electron chi connectivity index (χ0n) is 9.38. The topological polar surface area (TPSA) is 99.6 Å².